The van der Waals surface area contributed by atoms with Crippen LogP contribution in [0.4, 0.5) is 22.0 Å². The van der Waals surface area contributed by atoms with Crippen LogP contribution in [-0.4, -0.2) is 19.7 Å². The van der Waals surface area contributed by atoms with Gasteiger partial charge in [0.1, 0.15) is 0 Å². The molecule has 78 valence electrons. The van der Waals surface area contributed by atoms with Crippen LogP contribution in [0.3, 0.4) is 0 Å². The number of rotatable bonds is 2. The van der Waals surface area contributed by atoms with E-state index in [1.54, 1.807) is 24.0 Å². The van der Waals surface area contributed by atoms with Crippen molar-refractivity contribution in [3.8, 4) is 0 Å². The van der Waals surface area contributed by atoms with Gasteiger partial charge in [-0.3, -0.25) is 4.68 Å². The van der Waals surface area contributed by atoms with Gasteiger partial charge in [-0.2, -0.15) is 10.1 Å². The molecule has 7 heteroatoms. The zero-order valence-corrected chi connectivity index (χ0v) is 7.98. The molecule has 0 saturated heterocycles. The third kappa shape index (κ3) is 2.01. The van der Waals surface area contributed by atoms with Gasteiger partial charge in [0.15, 0.2) is 17.5 Å². The van der Waals surface area contributed by atoms with Crippen LogP contribution in [-0.2, 0) is 7.05 Å². The van der Waals surface area contributed by atoms with Crippen LogP contribution in [0.5, 0.6) is 0 Å². The number of halogens is 1. The summed E-state index contributed by atoms with van der Waals surface area (Å²) in [5, 5.41) is 6.71. The molecule has 0 aliphatic rings. The van der Waals surface area contributed by atoms with Crippen molar-refractivity contribution in [2.45, 2.75) is 0 Å². The summed E-state index contributed by atoms with van der Waals surface area (Å²) in [5.41, 5.74) is 5.33. The molecule has 0 radical (unpaired) electrons. The highest BCUT2D eigenvalue weighted by molar-refractivity contribution is 5.52. The lowest BCUT2D eigenvalue weighted by Gasteiger charge is -2.02. The SMILES string of the molecule is Cn1ccc(Nc2nc(N)ncc2F)n1. The number of anilines is 3. The molecule has 2 aromatic heterocycles. The Labute approximate surface area is 85.0 Å². The Kier molecular flexibility index (Phi) is 2.20. The summed E-state index contributed by atoms with van der Waals surface area (Å²) < 4.78 is 14.8. The number of aryl methyl sites for hydroxylation is 1. The molecule has 2 heterocycles. The summed E-state index contributed by atoms with van der Waals surface area (Å²) in [4.78, 5) is 7.22. The summed E-state index contributed by atoms with van der Waals surface area (Å²) in [5.74, 6) is -0.0552. The van der Waals surface area contributed by atoms with Gasteiger partial charge in [0.05, 0.1) is 6.20 Å². The number of hydrogen-bond donors (Lipinski definition) is 2. The fraction of sp³-hybridized carbons (Fsp3) is 0.125. The van der Waals surface area contributed by atoms with Gasteiger partial charge in [0.2, 0.25) is 5.95 Å². The molecule has 3 N–H and O–H groups in total. The van der Waals surface area contributed by atoms with Crippen LogP contribution < -0.4 is 11.1 Å². The molecule has 0 unspecified atom stereocenters. The highest BCUT2D eigenvalue weighted by Crippen LogP contribution is 2.15. The number of nitrogens with zero attached hydrogens (tertiary/aromatic N) is 4. The molecule has 0 bridgehead atoms. The summed E-state index contributed by atoms with van der Waals surface area (Å²) in [6.45, 7) is 0. The summed E-state index contributed by atoms with van der Waals surface area (Å²) in [6, 6.07) is 1.69. The van der Waals surface area contributed by atoms with Gasteiger partial charge in [-0.15, -0.1) is 0 Å². The molecule has 2 rings (SSSR count). The number of hydrogen-bond acceptors (Lipinski definition) is 5. The summed E-state index contributed by atoms with van der Waals surface area (Å²) >= 11 is 0. The van der Waals surface area contributed by atoms with Crippen LogP contribution in [0.25, 0.3) is 0 Å². The van der Waals surface area contributed by atoms with Crippen molar-refractivity contribution in [2.24, 2.45) is 7.05 Å². The van der Waals surface area contributed by atoms with Crippen molar-refractivity contribution in [3.63, 3.8) is 0 Å². The van der Waals surface area contributed by atoms with E-state index in [1.807, 2.05) is 0 Å². The highest BCUT2D eigenvalue weighted by Gasteiger charge is 2.06. The summed E-state index contributed by atoms with van der Waals surface area (Å²) in [7, 11) is 1.76. The molecule has 0 aromatic carbocycles. The zero-order chi connectivity index (χ0) is 10.8. The average molecular weight is 208 g/mol. The van der Waals surface area contributed by atoms with Crippen molar-refractivity contribution in [2.75, 3.05) is 11.1 Å². The van der Waals surface area contributed by atoms with Gasteiger partial charge in [-0.25, -0.2) is 9.37 Å². The first-order chi connectivity index (χ1) is 7.15. The Morgan fingerprint density at radius 2 is 2.33 bits per heavy atom. The minimum Gasteiger partial charge on any atom is -0.368 e. The quantitative estimate of drug-likeness (QED) is 0.758. The second-order valence-corrected chi connectivity index (χ2v) is 2.92. The van der Waals surface area contributed by atoms with E-state index in [4.69, 9.17) is 5.73 Å². The third-order valence-corrected chi connectivity index (χ3v) is 1.72. The smallest absolute Gasteiger partial charge is 0.222 e. The van der Waals surface area contributed by atoms with E-state index in [9.17, 15) is 4.39 Å². The predicted octanol–water partition coefficient (Wildman–Crippen LogP) is 0.675. The Morgan fingerprint density at radius 1 is 1.53 bits per heavy atom. The maximum Gasteiger partial charge on any atom is 0.222 e. The highest BCUT2D eigenvalue weighted by atomic mass is 19.1. The number of nitrogen functional groups attached to an aromatic ring is 1. The molecule has 0 saturated carbocycles. The van der Waals surface area contributed by atoms with Crippen LogP contribution in [0.15, 0.2) is 18.5 Å². The molecule has 6 nitrogen and oxygen atoms in total. The number of aromatic nitrogens is 4. The van der Waals surface area contributed by atoms with Crippen LogP contribution >= 0.6 is 0 Å². The van der Waals surface area contributed by atoms with Gasteiger partial charge < -0.3 is 11.1 Å². The molecule has 15 heavy (non-hydrogen) atoms. The van der Waals surface area contributed by atoms with Crippen molar-refractivity contribution >= 4 is 17.6 Å². The second kappa shape index (κ2) is 3.52. The van der Waals surface area contributed by atoms with Crippen molar-refractivity contribution < 1.29 is 4.39 Å². The fourth-order valence-corrected chi connectivity index (χ4v) is 1.07. The van der Waals surface area contributed by atoms with E-state index in [0.29, 0.717) is 5.82 Å². The number of nitrogens with one attached hydrogen (secondary N) is 1. The van der Waals surface area contributed by atoms with Crippen LogP contribution in [0.2, 0.25) is 0 Å². The molecular weight excluding hydrogens is 199 g/mol. The monoisotopic (exact) mass is 208 g/mol. The summed E-state index contributed by atoms with van der Waals surface area (Å²) in [6.07, 6.45) is 2.73. The van der Waals surface area contributed by atoms with Gasteiger partial charge in [0.25, 0.3) is 0 Å². The van der Waals surface area contributed by atoms with Crippen LogP contribution in [0.1, 0.15) is 0 Å². The van der Waals surface area contributed by atoms with Gasteiger partial charge in [-0.1, -0.05) is 0 Å². The molecule has 0 amide bonds. The lowest BCUT2D eigenvalue weighted by atomic mass is 10.5. The number of nitrogens with two attached hydrogens (primary N) is 1. The maximum atomic E-state index is 13.2. The van der Waals surface area contributed by atoms with E-state index in [0.717, 1.165) is 6.20 Å². The van der Waals surface area contributed by atoms with Gasteiger partial charge in [0, 0.05) is 19.3 Å². The third-order valence-electron chi connectivity index (χ3n) is 1.72. The first kappa shape index (κ1) is 9.38. The Balaban J connectivity index is 2.27. The van der Waals surface area contributed by atoms with E-state index in [2.05, 4.69) is 20.4 Å². The molecule has 0 spiro atoms. The fourth-order valence-electron chi connectivity index (χ4n) is 1.07. The van der Waals surface area contributed by atoms with Gasteiger partial charge >= 0.3 is 0 Å². The lowest BCUT2D eigenvalue weighted by molar-refractivity contribution is 0.619. The molecule has 0 aliphatic carbocycles. The molecule has 0 atom stereocenters. The Bertz CT molecular complexity index is 480. The topological polar surface area (TPSA) is 81.7 Å². The standard InChI is InChI=1S/C8H9FN6/c1-15-3-2-6(14-15)12-7-5(9)4-11-8(10)13-7/h2-4H,1H3,(H3,10,11,12,13,14). The first-order valence-corrected chi connectivity index (χ1v) is 4.20. The first-order valence-electron chi connectivity index (χ1n) is 4.20. The Morgan fingerprint density at radius 3 is 3.00 bits per heavy atom. The minimum atomic E-state index is -0.574. The maximum absolute atomic E-state index is 13.2. The van der Waals surface area contributed by atoms with E-state index >= 15 is 0 Å². The van der Waals surface area contributed by atoms with Crippen molar-refractivity contribution in [3.05, 3.63) is 24.3 Å². The normalized spacial score (nSPS) is 10.3. The molecule has 0 fully saturated rings. The zero-order valence-electron chi connectivity index (χ0n) is 7.98. The van der Waals surface area contributed by atoms with E-state index < -0.39 is 5.82 Å². The average Bonchev–Trinajstić information content (AvgIpc) is 2.58. The predicted molar refractivity (Wildman–Crippen MR) is 52.9 cm³/mol. The van der Waals surface area contributed by atoms with Crippen LogP contribution in [0, 0.1) is 5.82 Å². The second-order valence-electron chi connectivity index (χ2n) is 2.92. The van der Waals surface area contributed by atoms with Gasteiger partial charge in [-0.05, 0) is 0 Å². The largest absolute Gasteiger partial charge is 0.368 e. The Hall–Kier alpha value is -2.18. The van der Waals surface area contributed by atoms with E-state index in [1.165, 1.54) is 0 Å². The minimum absolute atomic E-state index is 0.00910. The van der Waals surface area contributed by atoms with Crippen molar-refractivity contribution in [1.82, 2.24) is 19.7 Å². The lowest BCUT2D eigenvalue weighted by Crippen LogP contribution is -2.03. The molecular formula is C8H9FN6. The van der Waals surface area contributed by atoms with Crippen molar-refractivity contribution in [1.29, 1.82) is 0 Å². The molecule has 0 aliphatic heterocycles. The molecule has 2 aromatic rings. The van der Waals surface area contributed by atoms with E-state index in [-0.39, 0.29) is 11.8 Å².